The third kappa shape index (κ3) is 2.92. The number of ether oxygens (including phenoxy) is 1. The summed E-state index contributed by atoms with van der Waals surface area (Å²) >= 11 is 1.60. The lowest BCUT2D eigenvalue weighted by atomic mass is 10.3. The summed E-state index contributed by atoms with van der Waals surface area (Å²) in [6.45, 7) is 2.00. The van der Waals surface area contributed by atoms with Crippen molar-refractivity contribution in [2.45, 2.75) is 16.8 Å². The number of anilines is 1. The smallest absolute Gasteiger partial charge is 0.223 e. The number of nitrogens with one attached hydrogen (secondary N) is 1. The molecule has 0 saturated heterocycles. The first kappa shape index (κ1) is 12.7. The molecule has 0 aliphatic carbocycles. The Balaban J connectivity index is 2.27. The fraction of sp³-hybridized carbons (Fsp3) is 0.231. The number of aryl methyl sites for hydroxylation is 1. The molecule has 1 aromatic heterocycles. The highest BCUT2D eigenvalue weighted by Gasteiger charge is 2.06. The third-order valence-electron chi connectivity index (χ3n) is 2.40. The van der Waals surface area contributed by atoms with Crippen molar-refractivity contribution in [1.82, 2.24) is 9.97 Å². The van der Waals surface area contributed by atoms with Gasteiger partial charge in [0.15, 0.2) is 0 Å². The summed E-state index contributed by atoms with van der Waals surface area (Å²) < 4.78 is 5.21. The summed E-state index contributed by atoms with van der Waals surface area (Å²) in [7, 11) is 3.48. The minimum Gasteiger partial charge on any atom is -0.497 e. The lowest BCUT2D eigenvalue weighted by Gasteiger charge is -2.07. The van der Waals surface area contributed by atoms with Gasteiger partial charge in [-0.25, -0.2) is 9.97 Å². The van der Waals surface area contributed by atoms with Gasteiger partial charge in [0, 0.05) is 23.7 Å². The second-order valence-corrected chi connectivity index (χ2v) is 4.78. The molecule has 0 radical (unpaired) electrons. The lowest BCUT2D eigenvalue weighted by Crippen LogP contribution is -1.98. The van der Waals surface area contributed by atoms with E-state index in [4.69, 9.17) is 4.74 Å². The van der Waals surface area contributed by atoms with Crippen LogP contribution in [0.2, 0.25) is 0 Å². The maximum Gasteiger partial charge on any atom is 0.223 e. The fourth-order valence-electron chi connectivity index (χ4n) is 1.43. The molecule has 0 atom stereocenters. The van der Waals surface area contributed by atoms with E-state index in [2.05, 4.69) is 15.3 Å². The van der Waals surface area contributed by atoms with Crippen LogP contribution in [0.25, 0.3) is 0 Å². The Morgan fingerprint density at radius 2 is 2.17 bits per heavy atom. The van der Waals surface area contributed by atoms with Crippen LogP contribution in [-0.2, 0) is 0 Å². The number of rotatable bonds is 4. The topological polar surface area (TPSA) is 47.0 Å². The average molecular weight is 261 g/mol. The Morgan fingerprint density at radius 3 is 2.89 bits per heavy atom. The second-order valence-electron chi connectivity index (χ2n) is 3.71. The zero-order valence-electron chi connectivity index (χ0n) is 10.6. The highest BCUT2D eigenvalue weighted by Crippen LogP contribution is 2.30. The molecule has 0 aliphatic heterocycles. The van der Waals surface area contributed by atoms with Crippen molar-refractivity contribution < 1.29 is 4.74 Å². The molecular weight excluding hydrogens is 246 g/mol. The number of benzene rings is 1. The van der Waals surface area contributed by atoms with Gasteiger partial charge >= 0.3 is 0 Å². The average Bonchev–Trinajstić information content (AvgIpc) is 2.41. The first-order valence-corrected chi connectivity index (χ1v) is 6.38. The maximum atomic E-state index is 5.21. The van der Waals surface area contributed by atoms with Gasteiger partial charge in [0.1, 0.15) is 10.8 Å². The summed E-state index contributed by atoms with van der Waals surface area (Å²) in [5.41, 5.74) is 1.06. The van der Waals surface area contributed by atoms with E-state index < -0.39 is 0 Å². The quantitative estimate of drug-likeness (QED) is 0.857. The van der Waals surface area contributed by atoms with Crippen molar-refractivity contribution in [2.75, 3.05) is 19.5 Å². The molecule has 94 valence electrons. The van der Waals surface area contributed by atoms with Crippen LogP contribution in [0.1, 0.15) is 5.56 Å². The van der Waals surface area contributed by atoms with Crippen LogP contribution >= 0.6 is 11.8 Å². The third-order valence-corrected chi connectivity index (χ3v) is 3.50. The van der Waals surface area contributed by atoms with Crippen molar-refractivity contribution in [1.29, 1.82) is 0 Å². The first-order valence-electron chi connectivity index (χ1n) is 5.56. The summed E-state index contributed by atoms with van der Waals surface area (Å²) in [4.78, 5) is 9.71. The molecule has 0 bridgehead atoms. The minimum absolute atomic E-state index is 0.631. The van der Waals surface area contributed by atoms with E-state index in [9.17, 15) is 0 Å². The monoisotopic (exact) mass is 261 g/mol. The molecule has 0 aliphatic rings. The highest BCUT2D eigenvalue weighted by molar-refractivity contribution is 7.99. The van der Waals surface area contributed by atoms with Crippen LogP contribution in [0.15, 0.2) is 40.4 Å². The van der Waals surface area contributed by atoms with Gasteiger partial charge in [0.2, 0.25) is 5.95 Å². The Kier molecular flexibility index (Phi) is 4.04. The molecule has 0 spiro atoms. The molecule has 5 heteroatoms. The van der Waals surface area contributed by atoms with Gasteiger partial charge in [-0.05, 0) is 25.1 Å². The van der Waals surface area contributed by atoms with Crippen molar-refractivity contribution in [3.8, 4) is 5.75 Å². The van der Waals surface area contributed by atoms with E-state index >= 15 is 0 Å². The molecule has 18 heavy (non-hydrogen) atoms. The van der Waals surface area contributed by atoms with Crippen LogP contribution in [0.5, 0.6) is 5.75 Å². The van der Waals surface area contributed by atoms with E-state index in [-0.39, 0.29) is 0 Å². The van der Waals surface area contributed by atoms with Gasteiger partial charge in [0.25, 0.3) is 0 Å². The normalized spacial score (nSPS) is 10.2. The minimum atomic E-state index is 0.631. The Labute approximate surface area is 111 Å². The lowest BCUT2D eigenvalue weighted by molar-refractivity contribution is 0.413. The van der Waals surface area contributed by atoms with Crippen LogP contribution in [0.4, 0.5) is 5.95 Å². The van der Waals surface area contributed by atoms with Gasteiger partial charge < -0.3 is 10.1 Å². The number of methoxy groups -OCH3 is 1. The SMILES string of the molecule is CNc1ncc(C)c(Sc2cccc(OC)c2)n1. The first-order chi connectivity index (χ1) is 8.72. The molecule has 1 aromatic carbocycles. The molecular formula is C13H15N3OS. The zero-order valence-corrected chi connectivity index (χ0v) is 11.4. The number of aromatic nitrogens is 2. The van der Waals surface area contributed by atoms with E-state index in [0.717, 1.165) is 21.2 Å². The largest absolute Gasteiger partial charge is 0.497 e. The predicted molar refractivity (Wildman–Crippen MR) is 73.4 cm³/mol. The van der Waals surface area contributed by atoms with Gasteiger partial charge in [-0.2, -0.15) is 0 Å². The molecule has 0 unspecified atom stereocenters. The van der Waals surface area contributed by atoms with Crippen LogP contribution in [0, 0.1) is 6.92 Å². The molecule has 0 saturated carbocycles. The summed E-state index contributed by atoms with van der Waals surface area (Å²) in [6, 6.07) is 7.92. The van der Waals surface area contributed by atoms with Crippen LogP contribution in [-0.4, -0.2) is 24.1 Å². The number of hydrogen-bond acceptors (Lipinski definition) is 5. The standard InChI is InChI=1S/C13H15N3OS/c1-9-8-15-13(14-2)16-12(9)18-11-6-4-5-10(7-11)17-3/h4-8H,1-3H3,(H,14,15,16). The summed E-state index contributed by atoms with van der Waals surface area (Å²) in [5.74, 6) is 1.48. The van der Waals surface area contributed by atoms with Gasteiger partial charge in [0.05, 0.1) is 7.11 Å². The van der Waals surface area contributed by atoms with Crippen molar-refractivity contribution >= 4 is 17.7 Å². The molecule has 1 N–H and O–H groups in total. The van der Waals surface area contributed by atoms with Crippen molar-refractivity contribution in [3.05, 3.63) is 36.0 Å². The predicted octanol–water partition coefficient (Wildman–Crippen LogP) is 2.99. The Bertz CT molecular complexity index is 546. The Morgan fingerprint density at radius 1 is 1.33 bits per heavy atom. The van der Waals surface area contributed by atoms with Gasteiger partial charge in [-0.1, -0.05) is 17.8 Å². The molecule has 0 fully saturated rings. The number of hydrogen-bond donors (Lipinski definition) is 1. The molecule has 2 aromatic rings. The highest BCUT2D eigenvalue weighted by atomic mass is 32.2. The van der Waals surface area contributed by atoms with E-state index in [1.165, 1.54) is 0 Å². The van der Waals surface area contributed by atoms with Crippen molar-refractivity contribution in [3.63, 3.8) is 0 Å². The molecule has 1 heterocycles. The van der Waals surface area contributed by atoms with E-state index in [1.54, 1.807) is 18.9 Å². The fourth-order valence-corrected chi connectivity index (χ4v) is 2.32. The van der Waals surface area contributed by atoms with Gasteiger partial charge in [-0.15, -0.1) is 0 Å². The van der Waals surface area contributed by atoms with Crippen LogP contribution in [0.3, 0.4) is 0 Å². The van der Waals surface area contributed by atoms with Crippen LogP contribution < -0.4 is 10.1 Å². The molecule has 2 rings (SSSR count). The van der Waals surface area contributed by atoms with Crippen molar-refractivity contribution in [2.24, 2.45) is 0 Å². The van der Waals surface area contributed by atoms with E-state index in [0.29, 0.717) is 5.95 Å². The van der Waals surface area contributed by atoms with E-state index in [1.807, 2.05) is 44.4 Å². The second kappa shape index (κ2) is 5.73. The number of nitrogens with zero attached hydrogens (tertiary/aromatic N) is 2. The molecule has 4 nitrogen and oxygen atoms in total. The summed E-state index contributed by atoms with van der Waals surface area (Å²) in [5, 5.41) is 3.89. The Hall–Kier alpha value is -1.75. The summed E-state index contributed by atoms with van der Waals surface area (Å²) in [6.07, 6.45) is 1.82. The molecule has 0 amide bonds. The zero-order chi connectivity index (χ0) is 13.0. The van der Waals surface area contributed by atoms with Gasteiger partial charge in [-0.3, -0.25) is 0 Å². The maximum absolute atomic E-state index is 5.21.